The van der Waals surface area contributed by atoms with Crippen molar-refractivity contribution in [3.8, 4) is 5.75 Å². The Morgan fingerprint density at radius 2 is 2.00 bits per heavy atom. The SMILES string of the molecule is Cc1ccc(COc2cccc(CNn3cn[nH]c3=S)c2)cc1. The maximum atomic E-state index is 5.86. The van der Waals surface area contributed by atoms with Crippen LogP contribution in [-0.2, 0) is 13.2 Å². The first-order valence-electron chi connectivity index (χ1n) is 7.34. The molecule has 0 unspecified atom stereocenters. The second-order valence-electron chi connectivity index (χ2n) is 5.29. The lowest BCUT2D eigenvalue weighted by atomic mass is 10.2. The number of aromatic nitrogens is 3. The zero-order valence-electron chi connectivity index (χ0n) is 12.8. The summed E-state index contributed by atoms with van der Waals surface area (Å²) in [5, 5.41) is 6.57. The van der Waals surface area contributed by atoms with Gasteiger partial charge in [0.15, 0.2) is 0 Å². The summed E-state index contributed by atoms with van der Waals surface area (Å²) in [6.45, 7) is 3.27. The lowest BCUT2D eigenvalue weighted by Crippen LogP contribution is -2.13. The summed E-state index contributed by atoms with van der Waals surface area (Å²) < 4.78 is 8.07. The van der Waals surface area contributed by atoms with Crippen molar-refractivity contribution >= 4 is 12.2 Å². The van der Waals surface area contributed by atoms with E-state index >= 15 is 0 Å². The first kappa shape index (κ1) is 15.3. The summed E-state index contributed by atoms with van der Waals surface area (Å²) in [7, 11) is 0. The highest BCUT2D eigenvalue weighted by molar-refractivity contribution is 7.71. The Kier molecular flexibility index (Phi) is 4.73. The van der Waals surface area contributed by atoms with Crippen molar-refractivity contribution < 1.29 is 4.74 Å². The Morgan fingerprint density at radius 1 is 1.17 bits per heavy atom. The van der Waals surface area contributed by atoms with Crippen molar-refractivity contribution in [2.45, 2.75) is 20.1 Å². The van der Waals surface area contributed by atoms with Crippen LogP contribution in [0.15, 0.2) is 54.9 Å². The van der Waals surface area contributed by atoms with Crippen molar-refractivity contribution in [2.75, 3.05) is 5.43 Å². The van der Waals surface area contributed by atoms with Crippen molar-refractivity contribution in [1.82, 2.24) is 14.9 Å². The standard InChI is InChI=1S/C17H18N4OS/c1-13-5-7-14(8-6-13)11-22-16-4-2-3-15(9-16)10-19-21-12-18-20-17(21)23/h2-9,12,19H,10-11H2,1H3,(H,20,23). The number of hydrogen-bond acceptors (Lipinski definition) is 4. The Balaban J connectivity index is 1.59. The van der Waals surface area contributed by atoms with Crippen LogP contribution in [0.1, 0.15) is 16.7 Å². The molecular formula is C17H18N4OS. The van der Waals surface area contributed by atoms with E-state index in [2.05, 4.69) is 46.8 Å². The minimum Gasteiger partial charge on any atom is -0.489 e. The molecule has 0 spiro atoms. The van der Waals surface area contributed by atoms with E-state index < -0.39 is 0 Å². The van der Waals surface area contributed by atoms with Gasteiger partial charge in [-0.2, -0.15) is 5.10 Å². The van der Waals surface area contributed by atoms with Gasteiger partial charge in [0.25, 0.3) is 0 Å². The fourth-order valence-electron chi connectivity index (χ4n) is 2.13. The van der Waals surface area contributed by atoms with Gasteiger partial charge in [0.1, 0.15) is 18.7 Å². The molecule has 0 radical (unpaired) electrons. The predicted molar refractivity (Wildman–Crippen MR) is 92.4 cm³/mol. The highest BCUT2D eigenvalue weighted by Gasteiger charge is 2.00. The Bertz CT molecular complexity index is 823. The van der Waals surface area contributed by atoms with E-state index in [9.17, 15) is 0 Å². The van der Waals surface area contributed by atoms with Crippen LogP contribution in [-0.4, -0.2) is 14.9 Å². The first-order chi connectivity index (χ1) is 11.2. The van der Waals surface area contributed by atoms with Gasteiger partial charge in [-0.25, -0.2) is 4.68 Å². The van der Waals surface area contributed by atoms with E-state index in [1.807, 2.05) is 24.3 Å². The molecule has 23 heavy (non-hydrogen) atoms. The Morgan fingerprint density at radius 3 is 2.74 bits per heavy atom. The van der Waals surface area contributed by atoms with Crippen molar-refractivity contribution in [3.63, 3.8) is 0 Å². The highest BCUT2D eigenvalue weighted by Crippen LogP contribution is 2.15. The van der Waals surface area contributed by atoms with Crippen LogP contribution in [0.5, 0.6) is 5.75 Å². The zero-order chi connectivity index (χ0) is 16.1. The fraction of sp³-hybridized carbons (Fsp3) is 0.176. The molecule has 1 heterocycles. The number of nitrogens with zero attached hydrogens (tertiary/aromatic N) is 2. The van der Waals surface area contributed by atoms with Gasteiger partial charge in [-0.3, -0.25) is 5.10 Å². The summed E-state index contributed by atoms with van der Waals surface area (Å²) in [5.74, 6) is 0.848. The van der Waals surface area contributed by atoms with Gasteiger partial charge in [-0.05, 0) is 42.4 Å². The second kappa shape index (κ2) is 7.11. The zero-order valence-corrected chi connectivity index (χ0v) is 13.6. The quantitative estimate of drug-likeness (QED) is 0.680. The molecule has 0 atom stereocenters. The number of nitrogens with one attached hydrogen (secondary N) is 2. The fourth-order valence-corrected chi connectivity index (χ4v) is 2.30. The van der Waals surface area contributed by atoms with Gasteiger partial charge in [-0.15, -0.1) is 0 Å². The number of aromatic amines is 1. The smallest absolute Gasteiger partial charge is 0.214 e. The topological polar surface area (TPSA) is 54.9 Å². The van der Waals surface area contributed by atoms with Crippen LogP contribution in [0.25, 0.3) is 0 Å². The minimum atomic E-state index is 0.539. The number of aryl methyl sites for hydroxylation is 1. The molecule has 0 saturated heterocycles. The van der Waals surface area contributed by atoms with Crippen LogP contribution >= 0.6 is 12.2 Å². The van der Waals surface area contributed by atoms with Gasteiger partial charge >= 0.3 is 0 Å². The predicted octanol–water partition coefficient (Wildman–Crippen LogP) is 3.57. The molecule has 0 amide bonds. The highest BCUT2D eigenvalue weighted by atomic mass is 32.1. The molecular weight excluding hydrogens is 308 g/mol. The number of hydrogen-bond donors (Lipinski definition) is 2. The molecule has 0 fully saturated rings. The van der Waals surface area contributed by atoms with Gasteiger partial charge in [0.05, 0.1) is 6.54 Å². The van der Waals surface area contributed by atoms with Crippen molar-refractivity contribution in [2.24, 2.45) is 0 Å². The van der Waals surface area contributed by atoms with Gasteiger partial charge in [-0.1, -0.05) is 42.0 Å². The largest absolute Gasteiger partial charge is 0.489 e. The molecule has 0 aliphatic carbocycles. The van der Waals surface area contributed by atoms with Gasteiger partial charge in [0, 0.05) is 0 Å². The summed E-state index contributed by atoms with van der Waals surface area (Å²) in [4.78, 5) is 0. The third-order valence-electron chi connectivity index (χ3n) is 3.43. The molecule has 1 aromatic heterocycles. The van der Waals surface area contributed by atoms with E-state index in [0.717, 1.165) is 16.9 Å². The van der Waals surface area contributed by atoms with Crippen molar-refractivity contribution in [3.05, 3.63) is 76.3 Å². The molecule has 6 heteroatoms. The Hall–Kier alpha value is -2.60. The number of H-pyrrole nitrogens is 1. The second-order valence-corrected chi connectivity index (χ2v) is 5.67. The molecule has 118 valence electrons. The molecule has 3 aromatic rings. The molecule has 0 bridgehead atoms. The van der Waals surface area contributed by atoms with Crippen LogP contribution in [0.3, 0.4) is 0 Å². The van der Waals surface area contributed by atoms with E-state index in [0.29, 0.717) is 17.9 Å². The number of benzene rings is 2. The Labute approximate surface area is 139 Å². The van der Waals surface area contributed by atoms with Gasteiger partial charge < -0.3 is 10.2 Å². The third-order valence-corrected chi connectivity index (χ3v) is 3.72. The normalized spacial score (nSPS) is 10.5. The molecule has 2 N–H and O–H groups in total. The lowest BCUT2D eigenvalue weighted by Gasteiger charge is -2.10. The molecule has 3 rings (SSSR count). The maximum absolute atomic E-state index is 5.86. The lowest BCUT2D eigenvalue weighted by molar-refractivity contribution is 0.306. The van der Waals surface area contributed by atoms with Crippen LogP contribution < -0.4 is 10.2 Å². The summed E-state index contributed by atoms with van der Waals surface area (Å²) >= 11 is 5.09. The summed E-state index contributed by atoms with van der Waals surface area (Å²) in [6.07, 6.45) is 1.61. The van der Waals surface area contributed by atoms with E-state index in [1.54, 1.807) is 11.0 Å². The minimum absolute atomic E-state index is 0.539. The van der Waals surface area contributed by atoms with E-state index in [1.165, 1.54) is 5.56 Å². The van der Waals surface area contributed by atoms with Crippen molar-refractivity contribution in [1.29, 1.82) is 0 Å². The van der Waals surface area contributed by atoms with E-state index in [4.69, 9.17) is 17.0 Å². The number of rotatable bonds is 6. The van der Waals surface area contributed by atoms with Crippen LogP contribution in [0.2, 0.25) is 0 Å². The van der Waals surface area contributed by atoms with Gasteiger partial charge in [0.2, 0.25) is 4.77 Å². The molecule has 2 aromatic carbocycles. The molecule has 5 nitrogen and oxygen atoms in total. The van der Waals surface area contributed by atoms with Crippen LogP contribution in [0.4, 0.5) is 0 Å². The number of ether oxygens (including phenoxy) is 1. The van der Waals surface area contributed by atoms with E-state index in [-0.39, 0.29) is 0 Å². The summed E-state index contributed by atoms with van der Waals surface area (Å²) in [5.41, 5.74) is 6.69. The average Bonchev–Trinajstić information content (AvgIpc) is 2.98. The molecule has 0 saturated carbocycles. The first-order valence-corrected chi connectivity index (χ1v) is 7.75. The molecule has 0 aliphatic rings. The third kappa shape index (κ3) is 4.20. The summed E-state index contributed by atoms with van der Waals surface area (Å²) in [6, 6.07) is 16.3. The maximum Gasteiger partial charge on any atom is 0.214 e. The molecule has 0 aliphatic heterocycles. The average molecular weight is 326 g/mol. The monoisotopic (exact) mass is 326 g/mol. The van der Waals surface area contributed by atoms with Crippen LogP contribution in [0, 0.1) is 11.7 Å².